The molecule has 1 saturated heterocycles. The van der Waals surface area contributed by atoms with E-state index in [1.54, 1.807) is 31.2 Å². The SMILES string of the molecule is CCOC(=O)c1ccc(Nc2ncnc(NCCN3CCOCC3)c2[N+](=O)[O-])cc1. The Morgan fingerprint density at radius 2 is 1.93 bits per heavy atom. The Labute approximate surface area is 173 Å². The molecule has 0 saturated carbocycles. The molecule has 3 rings (SSSR count). The molecule has 1 fully saturated rings. The van der Waals surface area contributed by atoms with E-state index < -0.39 is 10.9 Å². The third-order valence-electron chi connectivity index (χ3n) is 4.49. The molecule has 1 aliphatic rings. The number of carbonyl (C=O) groups is 1. The van der Waals surface area contributed by atoms with Gasteiger partial charge in [0, 0.05) is 31.9 Å². The number of ether oxygens (including phenoxy) is 2. The lowest BCUT2D eigenvalue weighted by Crippen LogP contribution is -2.39. The number of hydrogen-bond donors (Lipinski definition) is 2. The van der Waals surface area contributed by atoms with Crippen LogP contribution in [0, 0.1) is 10.1 Å². The van der Waals surface area contributed by atoms with Crippen LogP contribution in [0.25, 0.3) is 0 Å². The van der Waals surface area contributed by atoms with Gasteiger partial charge in [0.05, 0.1) is 30.3 Å². The quantitative estimate of drug-likeness (QED) is 0.355. The van der Waals surface area contributed by atoms with Gasteiger partial charge < -0.3 is 20.1 Å². The fraction of sp³-hybridized carbons (Fsp3) is 0.421. The number of anilines is 3. The molecule has 0 spiro atoms. The van der Waals surface area contributed by atoms with Crippen LogP contribution in [-0.4, -0.2) is 71.8 Å². The number of nitrogens with one attached hydrogen (secondary N) is 2. The fourth-order valence-corrected chi connectivity index (χ4v) is 2.97. The van der Waals surface area contributed by atoms with Crippen LogP contribution in [0.15, 0.2) is 30.6 Å². The summed E-state index contributed by atoms with van der Waals surface area (Å²) in [6, 6.07) is 6.41. The van der Waals surface area contributed by atoms with E-state index in [9.17, 15) is 14.9 Å². The van der Waals surface area contributed by atoms with E-state index in [0.717, 1.165) is 19.6 Å². The first-order chi connectivity index (χ1) is 14.6. The van der Waals surface area contributed by atoms with Crippen molar-refractivity contribution in [3.63, 3.8) is 0 Å². The molecule has 0 aliphatic carbocycles. The molecule has 1 aromatic heterocycles. The number of nitrogens with zero attached hydrogens (tertiary/aromatic N) is 4. The lowest BCUT2D eigenvalue weighted by Gasteiger charge is -2.26. The summed E-state index contributed by atoms with van der Waals surface area (Å²) in [5.41, 5.74) is 0.697. The zero-order valence-corrected chi connectivity index (χ0v) is 16.7. The molecule has 0 bridgehead atoms. The van der Waals surface area contributed by atoms with Gasteiger partial charge in [-0.2, -0.15) is 0 Å². The van der Waals surface area contributed by atoms with Gasteiger partial charge in [0.25, 0.3) is 0 Å². The second-order valence-corrected chi connectivity index (χ2v) is 6.48. The van der Waals surface area contributed by atoms with E-state index >= 15 is 0 Å². The second kappa shape index (κ2) is 10.5. The molecule has 2 N–H and O–H groups in total. The summed E-state index contributed by atoms with van der Waals surface area (Å²) in [7, 11) is 0. The van der Waals surface area contributed by atoms with Crippen molar-refractivity contribution < 1.29 is 19.2 Å². The standard InChI is InChI=1S/C19H24N6O5/c1-2-30-19(26)14-3-5-15(6-4-14)23-18-16(25(27)28)17(21-13-22-18)20-7-8-24-9-11-29-12-10-24/h3-6,13H,2,7-12H2,1H3,(H2,20,21,22,23). The smallest absolute Gasteiger partial charge is 0.353 e. The van der Waals surface area contributed by atoms with Crippen molar-refractivity contribution in [3.8, 4) is 0 Å². The van der Waals surface area contributed by atoms with Crippen molar-refractivity contribution in [2.75, 3.05) is 56.6 Å². The zero-order valence-electron chi connectivity index (χ0n) is 16.7. The van der Waals surface area contributed by atoms with Gasteiger partial charge in [-0.25, -0.2) is 14.8 Å². The van der Waals surface area contributed by atoms with E-state index in [-0.39, 0.29) is 23.9 Å². The maximum absolute atomic E-state index is 11.7. The van der Waals surface area contributed by atoms with Gasteiger partial charge in [-0.3, -0.25) is 15.0 Å². The predicted molar refractivity (Wildman–Crippen MR) is 110 cm³/mol. The van der Waals surface area contributed by atoms with Gasteiger partial charge >= 0.3 is 11.7 Å². The lowest BCUT2D eigenvalue weighted by atomic mass is 10.2. The highest BCUT2D eigenvalue weighted by Gasteiger charge is 2.23. The summed E-state index contributed by atoms with van der Waals surface area (Å²) in [5, 5.41) is 17.6. The monoisotopic (exact) mass is 416 g/mol. The van der Waals surface area contributed by atoms with Crippen molar-refractivity contribution >= 4 is 29.0 Å². The number of rotatable bonds is 9. The van der Waals surface area contributed by atoms with Crippen LogP contribution in [0.4, 0.5) is 23.0 Å². The Morgan fingerprint density at radius 1 is 1.23 bits per heavy atom. The van der Waals surface area contributed by atoms with Gasteiger partial charge in [0.1, 0.15) is 6.33 Å². The largest absolute Gasteiger partial charge is 0.462 e. The van der Waals surface area contributed by atoms with E-state index in [0.29, 0.717) is 31.0 Å². The summed E-state index contributed by atoms with van der Waals surface area (Å²) in [5.74, 6) is -0.217. The van der Waals surface area contributed by atoms with Crippen LogP contribution in [0.1, 0.15) is 17.3 Å². The van der Waals surface area contributed by atoms with Crippen molar-refractivity contribution in [2.24, 2.45) is 0 Å². The number of aromatic nitrogens is 2. The third kappa shape index (κ3) is 5.61. The number of esters is 1. The van der Waals surface area contributed by atoms with E-state index in [1.165, 1.54) is 6.33 Å². The van der Waals surface area contributed by atoms with Gasteiger partial charge in [0.2, 0.25) is 11.6 Å². The summed E-state index contributed by atoms with van der Waals surface area (Å²) < 4.78 is 10.3. The summed E-state index contributed by atoms with van der Waals surface area (Å²) in [6.07, 6.45) is 1.26. The van der Waals surface area contributed by atoms with Crippen LogP contribution in [-0.2, 0) is 9.47 Å². The average molecular weight is 416 g/mol. The van der Waals surface area contributed by atoms with Crippen LogP contribution in [0.2, 0.25) is 0 Å². The van der Waals surface area contributed by atoms with Gasteiger partial charge in [-0.05, 0) is 31.2 Å². The molecule has 11 nitrogen and oxygen atoms in total. The Morgan fingerprint density at radius 3 is 2.60 bits per heavy atom. The number of nitro groups is 1. The normalized spacial score (nSPS) is 14.2. The molecule has 160 valence electrons. The molecule has 30 heavy (non-hydrogen) atoms. The Kier molecular flexibility index (Phi) is 7.46. The van der Waals surface area contributed by atoms with E-state index in [2.05, 4.69) is 25.5 Å². The van der Waals surface area contributed by atoms with Gasteiger partial charge in [0.15, 0.2) is 0 Å². The Bertz CT molecular complexity index is 870. The molecular formula is C19H24N6O5. The minimum absolute atomic E-state index is 0.0627. The fourth-order valence-electron chi connectivity index (χ4n) is 2.97. The first kappa shape index (κ1) is 21.4. The zero-order chi connectivity index (χ0) is 21.3. The molecule has 11 heteroatoms. The predicted octanol–water partition coefficient (Wildman–Crippen LogP) is 2.05. The molecule has 0 atom stereocenters. The van der Waals surface area contributed by atoms with Crippen molar-refractivity contribution in [1.82, 2.24) is 14.9 Å². The number of carbonyl (C=O) groups excluding carboxylic acids is 1. The number of morpholine rings is 1. The minimum Gasteiger partial charge on any atom is -0.462 e. The minimum atomic E-state index is -0.521. The molecule has 1 aliphatic heterocycles. The van der Waals surface area contributed by atoms with Crippen molar-refractivity contribution in [1.29, 1.82) is 0 Å². The van der Waals surface area contributed by atoms with E-state index in [1.807, 2.05) is 0 Å². The molecule has 0 radical (unpaired) electrons. The van der Waals surface area contributed by atoms with Crippen molar-refractivity contribution in [3.05, 3.63) is 46.3 Å². The molecule has 1 aromatic carbocycles. The van der Waals surface area contributed by atoms with Crippen LogP contribution in [0.3, 0.4) is 0 Å². The number of hydrogen-bond acceptors (Lipinski definition) is 10. The summed E-state index contributed by atoms with van der Waals surface area (Å²) >= 11 is 0. The third-order valence-corrected chi connectivity index (χ3v) is 4.49. The molecular weight excluding hydrogens is 392 g/mol. The molecule has 0 unspecified atom stereocenters. The first-order valence-electron chi connectivity index (χ1n) is 9.66. The maximum atomic E-state index is 11.7. The molecule has 2 aromatic rings. The lowest BCUT2D eigenvalue weighted by molar-refractivity contribution is -0.383. The first-order valence-corrected chi connectivity index (χ1v) is 9.66. The van der Waals surface area contributed by atoms with Crippen molar-refractivity contribution in [2.45, 2.75) is 6.92 Å². The number of benzene rings is 1. The van der Waals surface area contributed by atoms with Crippen LogP contribution in [0.5, 0.6) is 0 Å². The maximum Gasteiger partial charge on any atom is 0.353 e. The molecule has 2 heterocycles. The second-order valence-electron chi connectivity index (χ2n) is 6.48. The van der Waals surface area contributed by atoms with Crippen LogP contribution >= 0.6 is 0 Å². The van der Waals surface area contributed by atoms with Crippen LogP contribution < -0.4 is 10.6 Å². The van der Waals surface area contributed by atoms with E-state index in [4.69, 9.17) is 9.47 Å². The topological polar surface area (TPSA) is 132 Å². The highest BCUT2D eigenvalue weighted by molar-refractivity contribution is 5.90. The highest BCUT2D eigenvalue weighted by Crippen LogP contribution is 2.31. The molecule has 0 amide bonds. The summed E-state index contributed by atoms with van der Waals surface area (Å²) in [4.78, 5) is 33.2. The van der Waals surface area contributed by atoms with Gasteiger partial charge in [-0.15, -0.1) is 0 Å². The average Bonchev–Trinajstić information content (AvgIpc) is 2.75. The summed E-state index contributed by atoms with van der Waals surface area (Å²) in [6.45, 7) is 6.30. The van der Waals surface area contributed by atoms with Gasteiger partial charge in [-0.1, -0.05) is 0 Å². The Balaban J connectivity index is 1.69. The highest BCUT2D eigenvalue weighted by atomic mass is 16.6. The Hall–Kier alpha value is -3.31.